The lowest BCUT2D eigenvalue weighted by Crippen LogP contribution is -2.21. The number of halogens is 2. The van der Waals surface area contributed by atoms with Gasteiger partial charge in [-0.2, -0.15) is 0 Å². The zero-order valence-corrected chi connectivity index (χ0v) is 13.9. The number of benzene rings is 2. The number of anilines is 2. The Morgan fingerprint density at radius 2 is 1.83 bits per heavy atom. The van der Waals surface area contributed by atoms with Crippen LogP contribution in [0, 0.1) is 5.82 Å². The predicted molar refractivity (Wildman–Crippen MR) is 92.3 cm³/mol. The average molecular weight is 353 g/mol. The van der Waals surface area contributed by atoms with E-state index >= 15 is 0 Å². The van der Waals surface area contributed by atoms with Crippen LogP contribution in [0.4, 0.5) is 15.8 Å². The van der Waals surface area contributed by atoms with Crippen molar-refractivity contribution in [1.29, 1.82) is 0 Å². The quantitative estimate of drug-likeness (QED) is 0.713. The molecular weight excluding hydrogens is 335 g/mol. The Balaban J connectivity index is 1.79. The summed E-state index contributed by atoms with van der Waals surface area (Å²) < 4.78 is 23.4. The lowest BCUT2D eigenvalue weighted by Gasteiger charge is -2.09. The fraction of sp³-hybridized carbons (Fsp3) is 0.235. The second-order valence-corrected chi connectivity index (χ2v) is 5.30. The smallest absolute Gasteiger partial charge is 0.243 e. The molecule has 0 aromatic heterocycles. The Hall–Kier alpha value is -2.31. The molecule has 1 amide bonds. The average Bonchev–Trinajstić information content (AvgIpc) is 2.58. The molecule has 5 nitrogen and oxygen atoms in total. The van der Waals surface area contributed by atoms with Crippen LogP contribution in [0.5, 0.6) is 5.75 Å². The van der Waals surface area contributed by atoms with E-state index in [4.69, 9.17) is 21.1 Å². The summed E-state index contributed by atoms with van der Waals surface area (Å²) in [6.07, 6.45) is 0. The van der Waals surface area contributed by atoms with Crippen molar-refractivity contribution >= 4 is 28.9 Å². The van der Waals surface area contributed by atoms with Gasteiger partial charge in [0.15, 0.2) is 0 Å². The summed E-state index contributed by atoms with van der Waals surface area (Å²) in [6.45, 7) is 1.07. The fourth-order valence-corrected chi connectivity index (χ4v) is 2.05. The normalized spacial score (nSPS) is 10.3. The van der Waals surface area contributed by atoms with Gasteiger partial charge >= 0.3 is 0 Å². The maximum atomic E-state index is 13.1. The van der Waals surface area contributed by atoms with Crippen LogP contribution in [-0.4, -0.2) is 32.8 Å². The Labute approximate surface area is 144 Å². The first-order valence-electron chi connectivity index (χ1n) is 7.29. The monoisotopic (exact) mass is 352 g/mol. The van der Waals surface area contributed by atoms with Crippen LogP contribution < -0.4 is 15.4 Å². The van der Waals surface area contributed by atoms with Crippen LogP contribution in [-0.2, 0) is 9.53 Å². The minimum absolute atomic E-state index is 0.0372. The largest absolute Gasteiger partial charge is 0.491 e. The predicted octanol–water partition coefficient (Wildman–Crippen LogP) is 3.55. The molecule has 24 heavy (non-hydrogen) atoms. The molecule has 0 heterocycles. The van der Waals surface area contributed by atoms with Gasteiger partial charge in [0.05, 0.1) is 18.2 Å². The highest BCUT2D eigenvalue weighted by Gasteiger charge is 2.05. The maximum Gasteiger partial charge on any atom is 0.243 e. The Bertz CT molecular complexity index is 680. The highest BCUT2D eigenvalue weighted by atomic mass is 35.5. The molecule has 128 valence electrons. The third kappa shape index (κ3) is 5.72. The summed E-state index contributed by atoms with van der Waals surface area (Å²) in [6, 6.07) is 11.2. The van der Waals surface area contributed by atoms with Gasteiger partial charge < -0.3 is 20.1 Å². The fourth-order valence-electron chi connectivity index (χ4n) is 1.87. The molecule has 0 saturated carbocycles. The first-order chi connectivity index (χ1) is 11.6. The van der Waals surface area contributed by atoms with Gasteiger partial charge in [0.2, 0.25) is 5.91 Å². The molecule has 0 aliphatic heterocycles. The van der Waals surface area contributed by atoms with E-state index in [9.17, 15) is 9.18 Å². The highest BCUT2D eigenvalue weighted by Crippen LogP contribution is 2.19. The van der Waals surface area contributed by atoms with E-state index in [1.165, 1.54) is 18.2 Å². The molecule has 0 fully saturated rings. The zero-order valence-electron chi connectivity index (χ0n) is 13.1. The number of amides is 1. The number of hydrogen-bond donors (Lipinski definition) is 2. The van der Waals surface area contributed by atoms with Crippen molar-refractivity contribution in [3.05, 3.63) is 53.3 Å². The molecule has 0 bridgehead atoms. The number of rotatable bonds is 8. The zero-order chi connectivity index (χ0) is 17.4. The number of ether oxygens (including phenoxy) is 2. The van der Waals surface area contributed by atoms with Gasteiger partial charge in [-0.15, -0.1) is 0 Å². The lowest BCUT2D eigenvalue weighted by atomic mass is 10.3. The molecule has 2 aromatic carbocycles. The molecule has 0 atom stereocenters. The van der Waals surface area contributed by atoms with Gasteiger partial charge in [0, 0.05) is 18.5 Å². The van der Waals surface area contributed by atoms with Gasteiger partial charge in [-0.3, -0.25) is 4.79 Å². The molecule has 2 rings (SSSR count). The maximum absolute atomic E-state index is 13.1. The molecule has 0 radical (unpaired) electrons. The lowest BCUT2D eigenvalue weighted by molar-refractivity contribution is -0.114. The number of carbonyl (C=O) groups is 1. The van der Waals surface area contributed by atoms with E-state index in [2.05, 4.69) is 10.6 Å². The van der Waals surface area contributed by atoms with Gasteiger partial charge in [0.1, 0.15) is 18.2 Å². The van der Waals surface area contributed by atoms with Crippen LogP contribution in [0.1, 0.15) is 0 Å². The summed E-state index contributed by atoms with van der Waals surface area (Å²) in [5.74, 6) is -0.0679. The minimum atomic E-state index is -0.527. The van der Waals surface area contributed by atoms with Crippen molar-refractivity contribution in [2.75, 3.05) is 37.5 Å². The van der Waals surface area contributed by atoms with Crippen molar-refractivity contribution in [2.24, 2.45) is 0 Å². The first-order valence-corrected chi connectivity index (χ1v) is 7.67. The topological polar surface area (TPSA) is 59.6 Å². The van der Waals surface area contributed by atoms with Crippen LogP contribution in [0.15, 0.2) is 42.5 Å². The second-order valence-electron chi connectivity index (χ2n) is 4.90. The van der Waals surface area contributed by atoms with Gasteiger partial charge in [-0.05, 0) is 42.5 Å². The molecule has 0 aliphatic rings. The van der Waals surface area contributed by atoms with Crippen molar-refractivity contribution in [3.63, 3.8) is 0 Å². The number of nitrogens with one attached hydrogen (secondary N) is 2. The molecule has 0 unspecified atom stereocenters. The molecule has 7 heteroatoms. The van der Waals surface area contributed by atoms with E-state index in [-0.39, 0.29) is 17.5 Å². The third-order valence-corrected chi connectivity index (χ3v) is 3.36. The van der Waals surface area contributed by atoms with E-state index in [0.717, 1.165) is 11.4 Å². The standard InChI is InChI=1S/C17H18ClFN2O3/c1-23-8-9-24-14-5-2-12(3-6-14)20-11-17(22)21-13-4-7-16(19)15(18)10-13/h2-7,10,20H,8-9,11H2,1H3,(H,21,22). The SMILES string of the molecule is COCCOc1ccc(NCC(=O)Nc2ccc(F)c(Cl)c2)cc1. The van der Waals surface area contributed by atoms with Crippen LogP contribution in [0.3, 0.4) is 0 Å². The third-order valence-electron chi connectivity index (χ3n) is 3.07. The van der Waals surface area contributed by atoms with Crippen LogP contribution >= 0.6 is 11.6 Å². The number of carbonyl (C=O) groups excluding carboxylic acids is 1. The van der Waals surface area contributed by atoms with Gasteiger partial charge in [0.25, 0.3) is 0 Å². The van der Waals surface area contributed by atoms with E-state index in [1.54, 1.807) is 19.2 Å². The Kier molecular flexibility index (Phi) is 6.84. The van der Waals surface area contributed by atoms with Crippen LogP contribution in [0.25, 0.3) is 0 Å². The molecular formula is C17H18ClFN2O3. The Morgan fingerprint density at radius 3 is 2.50 bits per heavy atom. The van der Waals surface area contributed by atoms with Gasteiger partial charge in [-0.25, -0.2) is 4.39 Å². The molecule has 0 aliphatic carbocycles. The number of hydrogen-bond acceptors (Lipinski definition) is 4. The molecule has 0 spiro atoms. The Morgan fingerprint density at radius 1 is 1.12 bits per heavy atom. The van der Waals surface area contributed by atoms with Crippen molar-refractivity contribution in [3.8, 4) is 5.75 Å². The number of methoxy groups -OCH3 is 1. The summed E-state index contributed by atoms with van der Waals surface area (Å²) in [4.78, 5) is 11.9. The van der Waals surface area contributed by atoms with E-state index in [0.29, 0.717) is 18.9 Å². The molecule has 0 saturated heterocycles. The minimum Gasteiger partial charge on any atom is -0.491 e. The first kappa shape index (κ1) is 18.0. The van der Waals surface area contributed by atoms with Crippen molar-refractivity contribution < 1.29 is 18.7 Å². The second kappa shape index (κ2) is 9.10. The molecule has 2 aromatic rings. The summed E-state index contributed by atoms with van der Waals surface area (Å²) in [5, 5.41) is 5.58. The van der Waals surface area contributed by atoms with E-state index in [1.807, 2.05) is 12.1 Å². The highest BCUT2D eigenvalue weighted by molar-refractivity contribution is 6.31. The summed E-state index contributed by atoms with van der Waals surface area (Å²) in [7, 11) is 1.61. The summed E-state index contributed by atoms with van der Waals surface area (Å²) >= 11 is 5.67. The van der Waals surface area contributed by atoms with E-state index < -0.39 is 5.82 Å². The van der Waals surface area contributed by atoms with Crippen molar-refractivity contribution in [1.82, 2.24) is 0 Å². The summed E-state index contributed by atoms with van der Waals surface area (Å²) in [5.41, 5.74) is 1.22. The molecule has 2 N–H and O–H groups in total. The van der Waals surface area contributed by atoms with Crippen LogP contribution in [0.2, 0.25) is 5.02 Å². The van der Waals surface area contributed by atoms with Gasteiger partial charge in [-0.1, -0.05) is 11.6 Å². The van der Waals surface area contributed by atoms with Crippen molar-refractivity contribution in [2.45, 2.75) is 0 Å².